The molecule has 0 unspecified atom stereocenters. The van der Waals surface area contributed by atoms with Crippen LogP contribution < -0.4 is 5.73 Å². The molecule has 2 aromatic carbocycles. The summed E-state index contributed by atoms with van der Waals surface area (Å²) in [4.78, 5) is 21.8. The third-order valence-corrected chi connectivity index (χ3v) is 3.03. The van der Waals surface area contributed by atoms with Crippen molar-refractivity contribution in [1.82, 2.24) is 0 Å². The van der Waals surface area contributed by atoms with Crippen molar-refractivity contribution in [2.45, 2.75) is 0 Å². The van der Waals surface area contributed by atoms with Crippen molar-refractivity contribution in [2.24, 2.45) is 5.73 Å². The number of halogens is 1. The van der Waals surface area contributed by atoms with Crippen LogP contribution in [0.4, 0.5) is 0 Å². The summed E-state index contributed by atoms with van der Waals surface area (Å²) >= 11 is 6.14. The normalized spacial score (nSPS) is 10.1. The van der Waals surface area contributed by atoms with E-state index in [0.29, 0.717) is 16.1 Å². The number of carbonyl (C=O) groups excluding carboxylic acids is 2. The van der Waals surface area contributed by atoms with E-state index < -0.39 is 5.91 Å². The van der Waals surface area contributed by atoms with Gasteiger partial charge >= 0.3 is 0 Å². The van der Waals surface area contributed by atoms with Crippen LogP contribution in [0.1, 0.15) is 20.7 Å². The summed E-state index contributed by atoms with van der Waals surface area (Å²) in [5, 5.41) is 0.323. The minimum atomic E-state index is -0.564. The summed E-state index contributed by atoms with van der Waals surface area (Å²) in [6, 6.07) is 12.0. The van der Waals surface area contributed by atoms with Crippen molar-refractivity contribution in [1.29, 1.82) is 0 Å². The Morgan fingerprint density at radius 1 is 1.11 bits per heavy atom. The first-order chi connectivity index (χ1) is 8.63. The average molecular weight is 260 g/mol. The van der Waals surface area contributed by atoms with Crippen molar-refractivity contribution in [3.05, 3.63) is 58.6 Å². The Labute approximate surface area is 109 Å². The van der Waals surface area contributed by atoms with E-state index >= 15 is 0 Å². The van der Waals surface area contributed by atoms with E-state index in [1.165, 1.54) is 0 Å². The lowest BCUT2D eigenvalue weighted by Gasteiger charge is -2.07. The van der Waals surface area contributed by atoms with Gasteiger partial charge in [-0.25, -0.2) is 0 Å². The number of hydrogen-bond donors (Lipinski definition) is 1. The topological polar surface area (TPSA) is 60.2 Å². The minimum absolute atomic E-state index is 0.286. The van der Waals surface area contributed by atoms with E-state index in [9.17, 15) is 9.59 Å². The molecule has 0 aliphatic rings. The largest absolute Gasteiger partial charge is 0.366 e. The first-order valence-corrected chi connectivity index (χ1v) is 5.65. The number of rotatable bonds is 3. The summed E-state index contributed by atoms with van der Waals surface area (Å²) in [5.74, 6) is -0.564. The average Bonchev–Trinajstić information content (AvgIpc) is 2.39. The molecule has 0 bridgehead atoms. The van der Waals surface area contributed by atoms with Crippen LogP contribution in [0.15, 0.2) is 42.5 Å². The predicted octanol–water partition coefficient (Wildman–Crippen LogP) is 2.92. The highest BCUT2D eigenvalue weighted by Gasteiger charge is 2.11. The van der Waals surface area contributed by atoms with Gasteiger partial charge in [-0.05, 0) is 11.6 Å². The quantitative estimate of drug-likeness (QED) is 0.862. The smallest absolute Gasteiger partial charge is 0.250 e. The first kappa shape index (κ1) is 12.3. The molecular formula is C14H10ClNO2. The third kappa shape index (κ3) is 2.26. The fraction of sp³-hybridized carbons (Fsp3) is 0. The highest BCUT2D eigenvalue weighted by molar-refractivity contribution is 6.36. The molecule has 2 aromatic rings. The molecule has 0 atom stereocenters. The van der Waals surface area contributed by atoms with Crippen molar-refractivity contribution in [3.8, 4) is 11.1 Å². The van der Waals surface area contributed by atoms with Crippen LogP contribution in [0, 0.1) is 0 Å². The van der Waals surface area contributed by atoms with Crippen LogP contribution in [0.2, 0.25) is 5.02 Å². The van der Waals surface area contributed by atoms with Gasteiger partial charge in [0.25, 0.3) is 0 Å². The Balaban J connectivity index is 2.53. The third-order valence-electron chi connectivity index (χ3n) is 2.62. The van der Waals surface area contributed by atoms with Gasteiger partial charge in [0.15, 0.2) is 0 Å². The molecule has 4 heteroatoms. The fourth-order valence-electron chi connectivity index (χ4n) is 1.69. The number of benzene rings is 2. The second kappa shape index (κ2) is 5.02. The van der Waals surface area contributed by atoms with Gasteiger partial charge in [0.1, 0.15) is 6.29 Å². The van der Waals surface area contributed by atoms with Crippen molar-refractivity contribution < 1.29 is 9.59 Å². The van der Waals surface area contributed by atoms with Crippen LogP contribution >= 0.6 is 11.6 Å². The van der Waals surface area contributed by atoms with Gasteiger partial charge in [-0.2, -0.15) is 0 Å². The van der Waals surface area contributed by atoms with E-state index in [2.05, 4.69) is 0 Å². The first-order valence-electron chi connectivity index (χ1n) is 5.27. The van der Waals surface area contributed by atoms with Crippen molar-refractivity contribution in [2.75, 3.05) is 0 Å². The molecule has 0 fully saturated rings. The molecule has 2 rings (SSSR count). The van der Waals surface area contributed by atoms with Crippen LogP contribution in [0.25, 0.3) is 11.1 Å². The van der Waals surface area contributed by atoms with Gasteiger partial charge in [0.2, 0.25) is 5.91 Å². The monoisotopic (exact) mass is 259 g/mol. The molecule has 0 radical (unpaired) electrons. The fourth-order valence-corrected chi connectivity index (χ4v) is 2.01. The highest BCUT2D eigenvalue weighted by atomic mass is 35.5. The molecule has 18 heavy (non-hydrogen) atoms. The molecule has 3 nitrogen and oxygen atoms in total. The summed E-state index contributed by atoms with van der Waals surface area (Å²) in [5.41, 5.74) is 7.65. The van der Waals surface area contributed by atoms with Crippen molar-refractivity contribution >= 4 is 23.8 Å². The lowest BCUT2D eigenvalue weighted by atomic mass is 10.0. The second-order valence-electron chi connectivity index (χ2n) is 3.77. The highest BCUT2D eigenvalue weighted by Crippen LogP contribution is 2.30. The molecule has 0 aliphatic heterocycles. The summed E-state index contributed by atoms with van der Waals surface area (Å²) in [6.07, 6.45) is 0.769. The molecular weight excluding hydrogens is 250 g/mol. The number of primary amides is 1. The van der Waals surface area contributed by atoms with Gasteiger partial charge in [-0.15, -0.1) is 0 Å². The Morgan fingerprint density at radius 3 is 2.33 bits per heavy atom. The SMILES string of the molecule is NC(=O)c1cccc(-c2ccc(C=O)cc2)c1Cl. The van der Waals surface area contributed by atoms with Crippen molar-refractivity contribution in [3.63, 3.8) is 0 Å². The van der Waals surface area contributed by atoms with Crippen LogP contribution in [0.3, 0.4) is 0 Å². The standard InChI is InChI=1S/C14H10ClNO2/c15-13-11(2-1-3-12(13)14(16)18)10-6-4-9(8-17)5-7-10/h1-8H,(H2,16,18). The maximum Gasteiger partial charge on any atom is 0.250 e. The number of carbonyl (C=O) groups is 2. The van der Waals surface area contributed by atoms with Crippen LogP contribution in [0.5, 0.6) is 0 Å². The number of amides is 1. The molecule has 0 saturated heterocycles. The zero-order chi connectivity index (χ0) is 13.1. The number of nitrogens with two attached hydrogens (primary N) is 1. The van der Waals surface area contributed by atoms with E-state index in [1.54, 1.807) is 42.5 Å². The van der Waals surface area contributed by atoms with Crippen LogP contribution in [-0.4, -0.2) is 12.2 Å². The molecule has 90 valence electrons. The molecule has 0 saturated carbocycles. The van der Waals surface area contributed by atoms with E-state index in [1.807, 2.05) is 0 Å². The lowest BCUT2D eigenvalue weighted by molar-refractivity contribution is 0.1000. The summed E-state index contributed by atoms with van der Waals surface area (Å²) < 4.78 is 0. The maximum absolute atomic E-state index is 11.2. The molecule has 2 N–H and O–H groups in total. The van der Waals surface area contributed by atoms with Gasteiger partial charge in [0, 0.05) is 11.1 Å². The molecule has 1 amide bonds. The Hall–Kier alpha value is -2.13. The Kier molecular flexibility index (Phi) is 3.44. The van der Waals surface area contributed by atoms with Gasteiger partial charge in [-0.1, -0.05) is 48.0 Å². The Bertz CT molecular complexity index is 606. The minimum Gasteiger partial charge on any atom is -0.366 e. The zero-order valence-electron chi connectivity index (χ0n) is 9.39. The summed E-state index contributed by atoms with van der Waals surface area (Å²) in [7, 11) is 0. The van der Waals surface area contributed by atoms with Gasteiger partial charge in [0.05, 0.1) is 10.6 Å². The molecule has 0 aliphatic carbocycles. The summed E-state index contributed by atoms with van der Waals surface area (Å²) in [6.45, 7) is 0. The predicted molar refractivity (Wildman–Crippen MR) is 70.8 cm³/mol. The molecule has 0 heterocycles. The maximum atomic E-state index is 11.2. The van der Waals surface area contributed by atoms with Gasteiger partial charge < -0.3 is 5.73 Å². The second-order valence-corrected chi connectivity index (χ2v) is 4.15. The van der Waals surface area contributed by atoms with E-state index in [-0.39, 0.29) is 5.56 Å². The van der Waals surface area contributed by atoms with Crippen LogP contribution in [-0.2, 0) is 0 Å². The number of aldehydes is 1. The zero-order valence-corrected chi connectivity index (χ0v) is 10.1. The van der Waals surface area contributed by atoms with Gasteiger partial charge in [-0.3, -0.25) is 9.59 Å². The Morgan fingerprint density at radius 2 is 1.78 bits per heavy atom. The molecule has 0 aromatic heterocycles. The number of hydrogen-bond acceptors (Lipinski definition) is 2. The van der Waals surface area contributed by atoms with E-state index in [4.69, 9.17) is 17.3 Å². The lowest BCUT2D eigenvalue weighted by Crippen LogP contribution is -2.11. The van der Waals surface area contributed by atoms with E-state index in [0.717, 1.165) is 11.8 Å². The molecule has 0 spiro atoms.